The van der Waals surface area contributed by atoms with E-state index < -0.39 is 10.0 Å². The van der Waals surface area contributed by atoms with E-state index in [1.54, 1.807) is 66.7 Å². The summed E-state index contributed by atoms with van der Waals surface area (Å²) >= 11 is 9.52. The predicted octanol–water partition coefficient (Wildman–Crippen LogP) is 7.68. The second-order valence-corrected chi connectivity index (χ2v) is 11.7. The smallest absolute Gasteiger partial charge is 0.261 e. The summed E-state index contributed by atoms with van der Waals surface area (Å²) < 4.78 is 28.8. The highest BCUT2D eigenvalue weighted by atomic mass is 79.9. The summed E-state index contributed by atoms with van der Waals surface area (Å²) in [6.45, 7) is 1.89. The Morgan fingerprint density at radius 3 is 2.18 bits per heavy atom. The molecule has 0 aliphatic heterocycles. The molecule has 0 saturated carbocycles. The molecule has 1 aromatic heterocycles. The van der Waals surface area contributed by atoms with Crippen molar-refractivity contribution in [3.63, 3.8) is 0 Å². The molecule has 190 valence electrons. The van der Waals surface area contributed by atoms with Gasteiger partial charge in [-0.3, -0.25) is 9.52 Å². The van der Waals surface area contributed by atoms with Crippen LogP contribution >= 0.6 is 27.5 Å². The fourth-order valence-corrected chi connectivity index (χ4v) is 5.45. The zero-order valence-corrected chi connectivity index (χ0v) is 23.2. The van der Waals surface area contributed by atoms with Crippen LogP contribution in [0.15, 0.2) is 106 Å². The molecule has 4 aromatic carbocycles. The van der Waals surface area contributed by atoms with Gasteiger partial charge in [0, 0.05) is 31.8 Å². The molecule has 0 spiro atoms. The van der Waals surface area contributed by atoms with Gasteiger partial charge in [-0.05, 0) is 79.7 Å². The van der Waals surface area contributed by atoms with Crippen LogP contribution in [0.4, 0.5) is 11.4 Å². The number of carbonyl (C=O) groups is 1. The lowest BCUT2D eigenvalue weighted by molar-refractivity contribution is 0.102. The van der Waals surface area contributed by atoms with Gasteiger partial charge in [-0.1, -0.05) is 57.4 Å². The number of carbonyl (C=O) groups excluding carboxylic acids is 1. The minimum absolute atomic E-state index is 0.174. The number of nitrogens with zero attached hydrogens (tertiary/aromatic N) is 1. The Morgan fingerprint density at radius 2 is 1.50 bits per heavy atom. The van der Waals surface area contributed by atoms with E-state index in [2.05, 4.69) is 26.0 Å². The van der Waals surface area contributed by atoms with E-state index in [1.165, 1.54) is 0 Å². The quantitative estimate of drug-likeness (QED) is 0.208. The van der Waals surface area contributed by atoms with Gasteiger partial charge in [0.2, 0.25) is 0 Å². The van der Waals surface area contributed by atoms with Crippen molar-refractivity contribution in [2.75, 3.05) is 10.0 Å². The molecule has 0 unspecified atom stereocenters. The topological polar surface area (TPSA) is 88.2 Å². The molecule has 0 atom stereocenters. The average molecular weight is 607 g/mol. The number of hydrogen-bond donors (Lipinski definition) is 2. The molecule has 2 N–H and O–H groups in total. The average Bonchev–Trinajstić information content (AvgIpc) is 2.90. The van der Waals surface area contributed by atoms with Crippen molar-refractivity contribution >= 4 is 65.7 Å². The maximum Gasteiger partial charge on any atom is 0.261 e. The summed E-state index contributed by atoms with van der Waals surface area (Å²) in [5, 5.41) is 4.21. The number of sulfonamides is 1. The fraction of sp³-hybridized carbons (Fsp3) is 0.0345. The van der Waals surface area contributed by atoms with Gasteiger partial charge in [0.25, 0.3) is 15.9 Å². The van der Waals surface area contributed by atoms with E-state index in [-0.39, 0.29) is 10.8 Å². The van der Waals surface area contributed by atoms with Gasteiger partial charge in [0.05, 0.1) is 21.7 Å². The molecule has 0 aliphatic rings. The number of aromatic nitrogens is 1. The minimum Gasteiger partial charge on any atom is -0.322 e. The summed E-state index contributed by atoms with van der Waals surface area (Å²) in [7, 11) is -3.73. The zero-order chi connectivity index (χ0) is 26.9. The number of nitrogens with one attached hydrogen (secondary N) is 2. The maximum atomic E-state index is 13.4. The van der Waals surface area contributed by atoms with Gasteiger partial charge in [-0.25, -0.2) is 13.4 Å². The molecule has 1 heterocycles. The lowest BCUT2D eigenvalue weighted by atomic mass is 10.0. The molecule has 0 aliphatic carbocycles. The predicted molar refractivity (Wildman–Crippen MR) is 156 cm³/mol. The largest absolute Gasteiger partial charge is 0.322 e. The Kier molecular flexibility index (Phi) is 7.21. The third-order valence-electron chi connectivity index (χ3n) is 5.88. The van der Waals surface area contributed by atoms with Crippen molar-refractivity contribution in [2.24, 2.45) is 0 Å². The number of amides is 1. The van der Waals surface area contributed by atoms with Gasteiger partial charge in [-0.2, -0.15) is 0 Å². The first-order valence-electron chi connectivity index (χ1n) is 11.6. The molecule has 5 rings (SSSR count). The Balaban J connectivity index is 1.41. The molecule has 9 heteroatoms. The van der Waals surface area contributed by atoms with Gasteiger partial charge in [-0.15, -0.1) is 0 Å². The second kappa shape index (κ2) is 10.6. The number of rotatable bonds is 6. The molecule has 0 saturated heterocycles. The van der Waals surface area contributed by atoms with E-state index in [0.717, 1.165) is 15.6 Å². The third kappa shape index (κ3) is 5.72. The fourth-order valence-electron chi connectivity index (χ4n) is 3.91. The number of fused-ring (bicyclic) bond motifs is 1. The Morgan fingerprint density at radius 1 is 0.842 bits per heavy atom. The molecular weight excluding hydrogens is 586 g/mol. The van der Waals surface area contributed by atoms with Gasteiger partial charge in [0.15, 0.2) is 0 Å². The number of pyridine rings is 1. The van der Waals surface area contributed by atoms with Crippen LogP contribution in [-0.4, -0.2) is 19.3 Å². The highest BCUT2D eigenvalue weighted by molar-refractivity contribution is 9.10. The first-order valence-corrected chi connectivity index (χ1v) is 14.2. The first-order chi connectivity index (χ1) is 18.2. The zero-order valence-electron chi connectivity index (χ0n) is 20.1. The van der Waals surface area contributed by atoms with Gasteiger partial charge in [0.1, 0.15) is 0 Å². The molecular formula is C29H21BrClN3O3S. The Labute approximate surface area is 233 Å². The van der Waals surface area contributed by atoms with Crippen LogP contribution in [0.5, 0.6) is 0 Å². The van der Waals surface area contributed by atoms with Crippen molar-refractivity contribution in [2.45, 2.75) is 11.8 Å². The molecule has 0 fully saturated rings. The normalized spacial score (nSPS) is 11.3. The van der Waals surface area contributed by atoms with Crippen LogP contribution in [0.25, 0.3) is 22.2 Å². The Hall–Kier alpha value is -3.72. The van der Waals surface area contributed by atoms with Crippen LogP contribution in [0.2, 0.25) is 5.02 Å². The lowest BCUT2D eigenvalue weighted by Crippen LogP contribution is -2.14. The lowest BCUT2D eigenvalue weighted by Gasteiger charge is -2.12. The molecule has 0 radical (unpaired) electrons. The van der Waals surface area contributed by atoms with Crippen LogP contribution in [-0.2, 0) is 10.0 Å². The van der Waals surface area contributed by atoms with E-state index in [9.17, 15) is 13.2 Å². The van der Waals surface area contributed by atoms with Crippen LogP contribution in [0.1, 0.15) is 15.9 Å². The van der Waals surface area contributed by atoms with E-state index in [1.807, 2.05) is 37.3 Å². The maximum absolute atomic E-state index is 13.4. The SMILES string of the molecule is Cc1ccc(S(=O)(=O)Nc2ccc(NC(=O)c3cc(-c4ccc(Cl)cc4)nc4ccc(Br)cc34)cc2)cc1. The Bertz CT molecular complexity index is 1760. The van der Waals surface area contributed by atoms with Gasteiger partial charge >= 0.3 is 0 Å². The van der Waals surface area contributed by atoms with Crippen molar-refractivity contribution in [3.05, 3.63) is 118 Å². The number of aryl methyl sites for hydroxylation is 1. The van der Waals surface area contributed by atoms with Crippen LogP contribution in [0, 0.1) is 6.92 Å². The molecule has 5 aromatic rings. The number of anilines is 2. The summed E-state index contributed by atoms with van der Waals surface area (Å²) in [5.74, 6) is -0.321. The van der Waals surface area contributed by atoms with E-state index in [0.29, 0.717) is 38.6 Å². The van der Waals surface area contributed by atoms with Crippen molar-refractivity contribution in [1.82, 2.24) is 4.98 Å². The summed E-state index contributed by atoms with van der Waals surface area (Å²) in [5.41, 5.74) is 4.46. The second-order valence-electron chi connectivity index (χ2n) is 8.67. The van der Waals surface area contributed by atoms with Crippen molar-refractivity contribution < 1.29 is 13.2 Å². The number of hydrogen-bond acceptors (Lipinski definition) is 4. The van der Waals surface area contributed by atoms with E-state index in [4.69, 9.17) is 16.6 Å². The monoisotopic (exact) mass is 605 g/mol. The highest BCUT2D eigenvalue weighted by Gasteiger charge is 2.16. The highest BCUT2D eigenvalue weighted by Crippen LogP contribution is 2.29. The molecule has 38 heavy (non-hydrogen) atoms. The number of halogens is 2. The summed E-state index contributed by atoms with van der Waals surface area (Å²) in [6.07, 6.45) is 0. The molecule has 1 amide bonds. The number of benzene rings is 4. The van der Waals surface area contributed by atoms with Crippen LogP contribution < -0.4 is 10.0 Å². The molecule has 0 bridgehead atoms. The van der Waals surface area contributed by atoms with Crippen LogP contribution in [0.3, 0.4) is 0 Å². The van der Waals surface area contributed by atoms with E-state index >= 15 is 0 Å². The summed E-state index contributed by atoms with van der Waals surface area (Å²) in [6, 6.07) is 27.7. The standard InChI is InChI=1S/C29H21BrClN3O3S/c1-18-2-13-24(14-3-18)38(36,37)34-23-11-9-22(10-12-23)32-29(35)26-17-28(19-4-7-21(31)8-5-19)33-27-15-6-20(30)16-25(26)27/h2-17,34H,1H3,(H,32,35). The molecule has 6 nitrogen and oxygen atoms in total. The minimum atomic E-state index is -3.73. The van der Waals surface area contributed by atoms with Crippen molar-refractivity contribution in [1.29, 1.82) is 0 Å². The van der Waals surface area contributed by atoms with Crippen molar-refractivity contribution in [3.8, 4) is 11.3 Å². The summed E-state index contributed by atoms with van der Waals surface area (Å²) in [4.78, 5) is 18.3. The van der Waals surface area contributed by atoms with Gasteiger partial charge < -0.3 is 5.32 Å². The first kappa shape index (κ1) is 25.9. The third-order valence-corrected chi connectivity index (χ3v) is 8.02.